The first-order valence-electron chi connectivity index (χ1n) is 8.00. The predicted molar refractivity (Wildman–Crippen MR) is 86.8 cm³/mol. The van der Waals surface area contributed by atoms with Crippen molar-refractivity contribution in [1.82, 2.24) is 5.32 Å². The summed E-state index contributed by atoms with van der Waals surface area (Å²) >= 11 is 0.739. The average molecular weight is 523 g/mol. The van der Waals surface area contributed by atoms with Crippen molar-refractivity contribution in [3.05, 3.63) is 0 Å². The van der Waals surface area contributed by atoms with Crippen LogP contribution in [0.5, 0.6) is 0 Å². The summed E-state index contributed by atoms with van der Waals surface area (Å²) in [7, 11) is 0. The van der Waals surface area contributed by atoms with Gasteiger partial charge in [-0.25, -0.2) is 0 Å². The third kappa shape index (κ3) is 18.1. The maximum atomic E-state index is 11.1. The summed E-state index contributed by atoms with van der Waals surface area (Å²) in [5.41, 5.74) is 0. The van der Waals surface area contributed by atoms with Gasteiger partial charge in [-0.2, -0.15) is 0 Å². The second kappa shape index (κ2) is 18.2. The van der Waals surface area contributed by atoms with E-state index in [9.17, 15) is 9.59 Å². The van der Waals surface area contributed by atoms with E-state index in [1.807, 2.05) is 6.92 Å². The van der Waals surface area contributed by atoms with Gasteiger partial charge in [-0.3, -0.25) is 4.79 Å². The van der Waals surface area contributed by atoms with Gasteiger partial charge in [0.15, 0.2) is 0 Å². The minimum atomic E-state index is 0.0323. The van der Waals surface area contributed by atoms with Crippen LogP contribution in [0, 0.1) is 0 Å². The number of ether oxygens (including phenoxy) is 4. The Kier molecular flexibility index (Phi) is 18.2. The zero-order valence-electron chi connectivity index (χ0n) is 14.0. The van der Waals surface area contributed by atoms with Gasteiger partial charge in [0.1, 0.15) is 0 Å². The molecule has 132 valence electrons. The Morgan fingerprint density at radius 3 is 1.78 bits per heavy atom. The number of amides is 1. The number of nitrogens with one attached hydrogen (secondary N) is 1. The molecule has 0 heterocycles. The normalized spacial score (nSPS) is 10.6. The molecule has 0 aliphatic carbocycles. The predicted octanol–water partition coefficient (Wildman–Crippen LogP) is 0.125. The molecule has 0 rings (SSSR count). The topological polar surface area (TPSA) is 83.1 Å². The molecule has 0 spiro atoms. The fourth-order valence-corrected chi connectivity index (χ4v) is 2.23. The molecule has 0 radical (unpaired) electrons. The van der Waals surface area contributed by atoms with E-state index in [0.717, 1.165) is 29.7 Å². The van der Waals surface area contributed by atoms with E-state index in [1.54, 1.807) is 0 Å². The maximum absolute atomic E-state index is 11.1. The van der Waals surface area contributed by atoms with Crippen LogP contribution in [0.25, 0.3) is 0 Å². The first-order chi connectivity index (χ1) is 11.2. The van der Waals surface area contributed by atoms with Crippen LogP contribution in [0.4, 0.5) is 0 Å². The molecule has 0 unspecified atom stereocenters. The van der Waals surface area contributed by atoms with Crippen molar-refractivity contribution in [2.45, 2.75) is 23.7 Å². The second-order valence-electron chi connectivity index (χ2n) is 4.65. The third-order valence-corrected chi connectivity index (χ3v) is 4.53. The molecule has 7 nitrogen and oxygen atoms in total. The molecule has 0 aromatic heterocycles. The number of ketones is 1. The van der Waals surface area contributed by atoms with Crippen LogP contribution in [0.1, 0.15) is 19.8 Å². The van der Waals surface area contributed by atoms with E-state index in [-0.39, 0.29) is 5.91 Å². The molecular weight excluding hydrogens is 495 g/mol. The number of carbonyl (C=O) groups is 2. The molecule has 0 aromatic carbocycles. The van der Waals surface area contributed by atoms with E-state index in [2.05, 4.69) is 5.32 Å². The van der Waals surface area contributed by atoms with Gasteiger partial charge in [0, 0.05) is 13.0 Å². The van der Waals surface area contributed by atoms with Gasteiger partial charge in [-0.1, -0.05) is 6.92 Å². The summed E-state index contributed by atoms with van der Waals surface area (Å²) in [5.74, 6) is 0.323. The van der Waals surface area contributed by atoms with Crippen LogP contribution >= 0.6 is 0 Å². The molecule has 0 saturated carbocycles. The van der Waals surface area contributed by atoms with Crippen LogP contribution < -0.4 is 5.32 Å². The second-order valence-corrected chi connectivity index (χ2v) is 6.23. The molecule has 23 heavy (non-hydrogen) atoms. The molecule has 0 atom stereocenters. The molecule has 0 fully saturated rings. The molecule has 1 amide bonds. The van der Waals surface area contributed by atoms with Crippen LogP contribution in [-0.4, -0.2) is 96.9 Å². The molecule has 0 aliphatic heterocycles. The van der Waals surface area contributed by atoms with Crippen molar-refractivity contribution in [3.63, 3.8) is 0 Å². The van der Waals surface area contributed by atoms with Crippen molar-refractivity contribution in [1.29, 1.82) is 0 Å². The molecule has 0 saturated heterocycles. The SMILES string of the molecule is CCC(=O)NCCOCCOCCOCCOCCC(=O)[CH2][Tl]. The van der Waals surface area contributed by atoms with Gasteiger partial charge < -0.3 is 10.1 Å². The zero-order chi connectivity index (χ0) is 17.2. The summed E-state index contributed by atoms with van der Waals surface area (Å²) in [6.45, 7) is 6.36. The number of hydrogen-bond donors (Lipinski definition) is 1. The Morgan fingerprint density at radius 1 is 0.826 bits per heavy atom. The molecule has 0 bridgehead atoms. The third-order valence-electron chi connectivity index (χ3n) is 2.76. The van der Waals surface area contributed by atoms with Crippen molar-refractivity contribution < 1.29 is 28.5 Å². The molecule has 1 N–H and O–H groups in total. The minimum absolute atomic E-state index is 0.0323. The summed E-state index contributed by atoms with van der Waals surface area (Å²) in [5, 5.41) is 2.73. The van der Waals surface area contributed by atoms with Crippen molar-refractivity contribution in [2.24, 2.45) is 0 Å². The first kappa shape index (κ1) is 22.9. The first-order valence-corrected chi connectivity index (χ1v) is 11.2. The van der Waals surface area contributed by atoms with Gasteiger partial charge in [0.25, 0.3) is 0 Å². The Balaban J connectivity index is 3.05. The average Bonchev–Trinajstić information content (AvgIpc) is 2.57. The van der Waals surface area contributed by atoms with Crippen molar-refractivity contribution in [2.75, 3.05) is 59.4 Å². The summed E-state index contributed by atoms with van der Waals surface area (Å²) in [6.07, 6.45) is 1.01. The van der Waals surface area contributed by atoms with E-state index >= 15 is 0 Å². The fraction of sp³-hybridized carbons (Fsp3) is 0.867. The van der Waals surface area contributed by atoms with Crippen molar-refractivity contribution >= 4 is 37.5 Å². The summed E-state index contributed by atoms with van der Waals surface area (Å²) in [6, 6.07) is 0. The van der Waals surface area contributed by atoms with Gasteiger partial charge in [-0.05, 0) is 0 Å². The fourth-order valence-electron chi connectivity index (χ4n) is 1.44. The molecule has 8 heteroatoms. The molecular formula is C15H28NO6Tl. The monoisotopic (exact) mass is 523 g/mol. The quantitative estimate of drug-likeness (QED) is 0.216. The van der Waals surface area contributed by atoms with Crippen LogP contribution in [0.2, 0.25) is 3.98 Å². The van der Waals surface area contributed by atoms with E-state index in [4.69, 9.17) is 18.9 Å². The Hall–Kier alpha value is -0.0979. The number of carbonyl (C=O) groups excluding carboxylic acids is 2. The Labute approximate surface area is 154 Å². The van der Waals surface area contributed by atoms with Crippen LogP contribution in [0.15, 0.2) is 0 Å². The van der Waals surface area contributed by atoms with Gasteiger partial charge in [0.05, 0.1) is 13.2 Å². The van der Waals surface area contributed by atoms with Gasteiger partial charge >= 0.3 is 101 Å². The van der Waals surface area contributed by atoms with E-state index in [0.29, 0.717) is 78.0 Å². The van der Waals surface area contributed by atoms with Gasteiger partial charge in [-0.15, -0.1) is 0 Å². The van der Waals surface area contributed by atoms with Crippen LogP contribution in [-0.2, 0) is 28.5 Å². The van der Waals surface area contributed by atoms with Gasteiger partial charge in [0.2, 0.25) is 5.91 Å². The van der Waals surface area contributed by atoms with E-state index < -0.39 is 0 Å². The standard InChI is InChI=1S/C15H28NO6.Tl/c1-3-15(18)16-5-7-20-9-11-22-13-12-21-10-8-19-6-4-14(2)17;/h2-13H2,1H3,(H,16,18);. The summed E-state index contributed by atoms with van der Waals surface area (Å²) in [4.78, 5) is 22.0. The number of rotatable bonds is 17. The van der Waals surface area contributed by atoms with Crippen molar-refractivity contribution in [3.8, 4) is 0 Å². The Bertz CT molecular complexity index is 276. The molecule has 0 aliphatic rings. The number of hydrogen-bond acceptors (Lipinski definition) is 6. The van der Waals surface area contributed by atoms with Crippen LogP contribution in [0.3, 0.4) is 0 Å². The molecule has 0 aromatic rings. The van der Waals surface area contributed by atoms with E-state index in [1.165, 1.54) is 0 Å². The number of Topliss-reactive ketones (excluding diaryl/α,β-unsaturated/α-hetero) is 1. The Morgan fingerprint density at radius 2 is 1.30 bits per heavy atom. The zero-order valence-corrected chi connectivity index (χ0v) is 18.5. The summed E-state index contributed by atoms with van der Waals surface area (Å²) < 4.78 is 22.0.